The average molecular weight is 431 g/mol. The van der Waals surface area contributed by atoms with Crippen molar-refractivity contribution in [2.24, 2.45) is 10.9 Å². The molecule has 170 valence electrons. The highest BCUT2D eigenvalue weighted by molar-refractivity contribution is 5.80. The smallest absolute Gasteiger partial charge is 0.309 e. The minimum atomic E-state index is -0.0823. The summed E-state index contributed by atoms with van der Waals surface area (Å²) in [5.41, 5.74) is 1.18. The van der Waals surface area contributed by atoms with Gasteiger partial charge in [-0.2, -0.15) is 0 Å². The fourth-order valence-electron chi connectivity index (χ4n) is 3.64. The number of likely N-dealkylation sites (tertiary alicyclic amines) is 1. The summed E-state index contributed by atoms with van der Waals surface area (Å²) in [6.45, 7) is 4.68. The van der Waals surface area contributed by atoms with Crippen molar-refractivity contribution in [1.29, 1.82) is 0 Å². The largest absolute Gasteiger partial charge is 0.484 e. The predicted molar refractivity (Wildman–Crippen MR) is 119 cm³/mol. The van der Waals surface area contributed by atoms with Crippen molar-refractivity contribution >= 4 is 17.8 Å². The van der Waals surface area contributed by atoms with Gasteiger partial charge in [-0.3, -0.25) is 14.6 Å². The predicted octanol–water partition coefficient (Wildman–Crippen LogP) is 1.74. The minimum absolute atomic E-state index is 0.00480. The molecule has 0 unspecified atom stereocenters. The van der Waals surface area contributed by atoms with Gasteiger partial charge in [-0.05, 0) is 56.7 Å². The maximum Gasteiger partial charge on any atom is 0.309 e. The Bertz CT molecular complexity index is 753. The van der Waals surface area contributed by atoms with Crippen LogP contribution in [0.25, 0.3) is 0 Å². The third-order valence-electron chi connectivity index (χ3n) is 5.56. The lowest BCUT2D eigenvalue weighted by molar-refractivity contribution is -0.149. The molecule has 1 aromatic rings. The molecule has 31 heavy (non-hydrogen) atoms. The van der Waals surface area contributed by atoms with Crippen molar-refractivity contribution < 1.29 is 19.1 Å². The van der Waals surface area contributed by atoms with Crippen molar-refractivity contribution in [1.82, 2.24) is 15.5 Å². The summed E-state index contributed by atoms with van der Waals surface area (Å²) in [6, 6.07) is 8.18. The molecule has 2 N–H and O–H groups in total. The van der Waals surface area contributed by atoms with E-state index >= 15 is 0 Å². The van der Waals surface area contributed by atoms with Gasteiger partial charge in [0.25, 0.3) is 5.91 Å². The summed E-state index contributed by atoms with van der Waals surface area (Å²) >= 11 is 0. The SMILES string of the molecule is CCOC(=O)C1CCN(C(=NC)NCCc2ccc(OCC(=O)NC3CC3)cc2)CC1. The zero-order valence-corrected chi connectivity index (χ0v) is 18.6. The van der Waals surface area contributed by atoms with Crippen LogP contribution in [0.5, 0.6) is 5.75 Å². The number of guanidine groups is 1. The molecule has 0 spiro atoms. The Morgan fingerprint density at radius 3 is 2.45 bits per heavy atom. The highest BCUT2D eigenvalue weighted by Gasteiger charge is 2.27. The molecule has 0 bridgehead atoms. The molecule has 2 aliphatic rings. The summed E-state index contributed by atoms with van der Waals surface area (Å²) in [6.07, 6.45) is 4.58. The summed E-state index contributed by atoms with van der Waals surface area (Å²) in [7, 11) is 1.78. The molecule has 1 aliphatic carbocycles. The number of aliphatic imine (C=N–C) groups is 1. The van der Waals surface area contributed by atoms with Crippen LogP contribution in [0.1, 0.15) is 38.2 Å². The molecule has 1 saturated heterocycles. The minimum Gasteiger partial charge on any atom is -0.484 e. The average Bonchev–Trinajstić information content (AvgIpc) is 3.60. The highest BCUT2D eigenvalue weighted by atomic mass is 16.5. The van der Waals surface area contributed by atoms with Crippen LogP contribution >= 0.6 is 0 Å². The van der Waals surface area contributed by atoms with Gasteiger partial charge in [0.2, 0.25) is 0 Å². The first-order valence-electron chi connectivity index (χ1n) is 11.2. The van der Waals surface area contributed by atoms with E-state index in [9.17, 15) is 9.59 Å². The Labute approximate surface area is 184 Å². The number of nitrogens with zero attached hydrogens (tertiary/aromatic N) is 2. The van der Waals surface area contributed by atoms with E-state index in [1.807, 2.05) is 31.2 Å². The maximum absolute atomic E-state index is 11.9. The molecule has 8 heteroatoms. The Hall–Kier alpha value is -2.77. The van der Waals surface area contributed by atoms with Gasteiger partial charge in [-0.15, -0.1) is 0 Å². The van der Waals surface area contributed by atoms with Gasteiger partial charge in [0.05, 0.1) is 12.5 Å². The van der Waals surface area contributed by atoms with Gasteiger partial charge in [0, 0.05) is 32.7 Å². The van der Waals surface area contributed by atoms with Crippen molar-refractivity contribution in [2.75, 3.05) is 39.9 Å². The van der Waals surface area contributed by atoms with E-state index in [0.717, 1.165) is 57.7 Å². The van der Waals surface area contributed by atoms with Crippen LogP contribution in [-0.4, -0.2) is 68.7 Å². The maximum atomic E-state index is 11.9. The topological polar surface area (TPSA) is 92.3 Å². The van der Waals surface area contributed by atoms with Crippen molar-refractivity contribution in [3.05, 3.63) is 29.8 Å². The van der Waals surface area contributed by atoms with Gasteiger partial charge >= 0.3 is 5.97 Å². The van der Waals surface area contributed by atoms with E-state index < -0.39 is 0 Å². The van der Waals surface area contributed by atoms with E-state index in [1.54, 1.807) is 7.05 Å². The van der Waals surface area contributed by atoms with Crippen LogP contribution in [0.4, 0.5) is 0 Å². The number of benzene rings is 1. The Morgan fingerprint density at radius 1 is 1.13 bits per heavy atom. The monoisotopic (exact) mass is 430 g/mol. The molecule has 1 saturated carbocycles. The third kappa shape index (κ3) is 7.45. The summed E-state index contributed by atoms with van der Waals surface area (Å²) < 4.78 is 10.7. The number of nitrogens with one attached hydrogen (secondary N) is 2. The molecule has 0 atom stereocenters. The Morgan fingerprint density at radius 2 is 1.84 bits per heavy atom. The highest BCUT2D eigenvalue weighted by Crippen LogP contribution is 2.19. The third-order valence-corrected chi connectivity index (χ3v) is 5.56. The Kier molecular flexibility index (Phi) is 8.55. The van der Waals surface area contributed by atoms with Crippen LogP contribution in [0.15, 0.2) is 29.3 Å². The van der Waals surface area contributed by atoms with E-state index in [0.29, 0.717) is 18.4 Å². The van der Waals surface area contributed by atoms with Crippen molar-refractivity contribution in [3.63, 3.8) is 0 Å². The van der Waals surface area contributed by atoms with Gasteiger partial charge in [0.1, 0.15) is 5.75 Å². The van der Waals surface area contributed by atoms with Crippen LogP contribution in [0.3, 0.4) is 0 Å². The zero-order chi connectivity index (χ0) is 22.1. The first kappa shape index (κ1) is 22.9. The molecule has 0 radical (unpaired) electrons. The van der Waals surface area contributed by atoms with E-state index in [4.69, 9.17) is 9.47 Å². The first-order valence-corrected chi connectivity index (χ1v) is 11.2. The lowest BCUT2D eigenvalue weighted by Gasteiger charge is -2.33. The molecule has 8 nitrogen and oxygen atoms in total. The normalized spacial score (nSPS) is 17.2. The molecular formula is C23H34N4O4. The molecule has 1 amide bonds. The standard InChI is InChI=1S/C23H34N4O4/c1-3-30-22(29)18-11-14-27(15-12-18)23(24-2)25-13-10-17-4-8-20(9-5-17)31-16-21(28)26-19-6-7-19/h4-5,8-9,18-19H,3,6-7,10-16H2,1-2H3,(H,24,25)(H,26,28). The van der Waals surface area contributed by atoms with E-state index in [2.05, 4.69) is 20.5 Å². The van der Waals surface area contributed by atoms with Gasteiger partial charge in [-0.25, -0.2) is 0 Å². The molecule has 1 aromatic carbocycles. The number of rotatable bonds is 9. The van der Waals surface area contributed by atoms with Crippen molar-refractivity contribution in [3.8, 4) is 5.75 Å². The van der Waals surface area contributed by atoms with Crippen LogP contribution in [-0.2, 0) is 20.7 Å². The molecule has 2 fully saturated rings. The number of carbonyl (C=O) groups excluding carboxylic acids is 2. The number of esters is 1. The fraction of sp³-hybridized carbons (Fsp3) is 0.609. The number of piperidine rings is 1. The molecule has 1 aliphatic heterocycles. The lowest BCUT2D eigenvalue weighted by Crippen LogP contribution is -2.47. The van der Waals surface area contributed by atoms with Crippen LogP contribution in [0, 0.1) is 5.92 Å². The number of hydrogen-bond acceptors (Lipinski definition) is 5. The second kappa shape index (κ2) is 11.6. The summed E-state index contributed by atoms with van der Waals surface area (Å²) in [5, 5.41) is 6.32. The van der Waals surface area contributed by atoms with Crippen LogP contribution in [0.2, 0.25) is 0 Å². The quantitative estimate of drug-likeness (QED) is 0.352. The fourth-order valence-corrected chi connectivity index (χ4v) is 3.64. The summed E-state index contributed by atoms with van der Waals surface area (Å²) in [4.78, 5) is 30.2. The van der Waals surface area contributed by atoms with E-state index in [-0.39, 0.29) is 24.4 Å². The summed E-state index contributed by atoms with van der Waals surface area (Å²) in [5.74, 6) is 1.41. The van der Waals surface area contributed by atoms with Gasteiger partial charge in [0.15, 0.2) is 12.6 Å². The number of ether oxygens (including phenoxy) is 2. The second-order valence-corrected chi connectivity index (χ2v) is 8.01. The molecule has 0 aromatic heterocycles. The van der Waals surface area contributed by atoms with Gasteiger partial charge < -0.3 is 25.0 Å². The second-order valence-electron chi connectivity index (χ2n) is 8.01. The molecule has 1 heterocycles. The van der Waals surface area contributed by atoms with Gasteiger partial charge in [-0.1, -0.05) is 12.1 Å². The first-order chi connectivity index (χ1) is 15.1. The Balaban J connectivity index is 1.35. The molecule has 3 rings (SSSR count). The number of carbonyl (C=O) groups is 2. The van der Waals surface area contributed by atoms with E-state index in [1.165, 1.54) is 5.56 Å². The van der Waals surface area contributed by atoms with Crippen molar-refractivity contribution in [2.45, 2.75) is 45.1 Å². The molecular weight excluding hydrogens is 396 g/mol. The number of hydrogen-bond donors (Lipinski definition) is 2. The number of amides is 1. The lowest BCUT2D eigenvalue weighted by atomic mass is 9.97. The van der Waals surface area contributed by atoms with Crippen LogP contribution < -0.4 is 15.4 Å². The zero-order valence-electron chi connectivity index (χ0n) is 18.6.